The molecule has 0 radical (unpaired) electrons. The fraction of sp³-hybridized carbons (Fsp3) is 0.120. The van der Waals surface area contributed by atoms with Gasteiger partial charge in [-0.1, -0.05) is 6.07 Å². The third-order valence-corrected chi connectivity index (χ3v) is 6.93. The van der Waals surface area contributed by atoms with Crippen molar-refractivity contribution in [3.05, 3.63) is 84.1 Å². The fourth-order valence-electron chi connectivity index (χ4n) is 3.21. The molecule has 11 heteroatoms. The topological polar surface area (TPSA) is 182 Å². The zero-order chi connectivity index (χ0) is 26.3. The highest BCUT2D eigenvalue weighted by Gasteiger charge is 2.16. The summed E-state index contributed by atoms with van der Waals surface area (Å²) in [6, 6.07) is 17.9. The molecule has 0 saturated heterocycles. The Kier molecular flexibility index (Phi) is 8.18. The minimum Gasteiger partial charge on any atom is -0.493 e. The Bertz CT molecular complexity index is 1370. The molecule has 36 heavy (non-hydrogen) atoms. The molecule has 4 aromatic rings. The lowest BCUT2D eigenvalue weighted by Gasteiger charge is -2.10. The van der Waals surface area contributed by atoms with E-state index in [4.69, 9.17) is 32.4 Å². The van der Waals surface area contributed by atoms with Crippen LogP contribution in [0.25, 0.3) is 0 Å². The van der Waals surface area contributed by atoms with Crippen molar-refractivity contribution in [2.45, 2.75) is 16.2 Å². The molecule has 10 nitrogen and oxygen atoms in total. The van der Waals surface area contributed by atoms with Crippen LogP contribution < -0.4 is 32.4 Å². The molecule has 0 aliphatic carbocycles. The quantitative estimate of drug-likeness (QED) is 0.282. The second-order valence-corrected chi connectivity index (χ2v) is 9.60. The monoisotopic (exact) mass is 508 g/mol. The molecule has 0 fully saturated rings. The molecule has 0 unspecified atom stereocenters. The lowest BCUT2D eigenvalue weighted by molar-refractivity contribution is 0.354. The van der Waals surface area contributed by atoms with E-state index in [1.54, 1.807) is 44.7 Å². The van der Waals surface area contributed by atoms with Crippen LogP contribution in [-0.2, 0) is 16.3 Å². The molecule has 0 amide bonds. The van der Waals surface area contributed by atoms with Crippen LogP contribution in [0.2, 0.25) is 0 Å². The Labute approximate surface area is 209 Å². The van der Waals surface area contributed by atoms with Crippen LogP contribution in [0, 0.1) is 0 Å². The number of benzene rings is 3. The highest BCUT2D eigenvalue weighted by atomic mass is 32.2. The number of hydrogen-bond donors (Lipinski definition) is 4. The van der Waals surface area contributed by atoms with Crippen molar-refractivity contribution < 1.29 is 17.9 Å². The number of methoxy groups -OCH3 is 2. The molecule has 1 aromatic heterocycles. The van der Waals surface area contributed by atoms with Crippen LogP contribution in [0.3, 0.4) is 0 Å². The molecule has 0 aliphatic rings. The molecule has 188 valence electrons. The van der Waals surface area contributed by atoms with Crippen molar-refractivity contribution in [2.24, 2.45) is 0 Å². The summed E-state index contributed by atoms with van der Waals surface area (Å²) in [5.74, 6) is 1.93. The summed E-state index contributed by atoms with van der Waals surface area (Å²) in [5.41, 5.74) is 25.2. The van der Waals surface area contributed by atoms with Crippen LogP contribution in [0.1, 0.15) is 11.1 Å². The largest absolute Gasteiger partial charge is 0.493 e. The number of nitrogens with zero attached hydrogens (tertiary/aromatic N) is 2. The maximum absolute atomic E-state index is 12.2. The Balaban J connectivity index is 0.000000202. The Morgan fingerprint density at radius 2 is 1.28 bits per heavy atom. The third-order valence-electron chi connectivity index (χ3n) is 5.14. The Hall–Kier alpha value is -4.51. The first-order valence-corrected chi connectivity index (χ1v) is 12.2. The number of ether oxygens (including phenoxy) is 2. The first kappa shape index (κ1) is 26.1. The second-order valence-electron chi connectivity index (χ2n) is 7.65. The van der Waals surface area contributed by atoms with Crippen molar-refractivity contribution in [3.8, 4) is 11.5 Å². The first-order valence-electron chi connectivity index (χ1n) is 10.7. The number of hydrogen-bond acceptors (Lipinski definition) is 10. The summed E-state index contributed by atoms with van der Waals surface area (Å²) in [7, 11) is -0.284. The Morgan fingerprint density at radius 3 is 1.75 bits per heavy atom. The molecular formula is C25H28N6O4S. The van der Waals surface area contributed by atoms with Crippen molar-refractivity contribution >= 4 is 33.0 Å². The number of rotatable bonds is 6. The van der Waals surface area contributed by atoms with Crippen molar-refractivity contribution in [2.75, 3.05) is 37.2 Å². The van der Waals surface area contributed by atoms with Crippen molar-refractivity contribution in [1.29, 1.82) is 0 Å². The minimum atomic E-state index is -3.48. The Morgan fingerprint density at radius 1 is 0.750 bits per heavy atom. The smallest absolute Gasteiger partial charge is 0.221 e. The maximum atomic E-state index is 12.2. The molecule has 1 heterocycles. The van der Waals surface area contributed by atoms with Gasteiger partial charge in [0.05, 0.1) is 24.0 Å². The van der Waals surface area contributed by atoms with Gasteiger partial charge in [-0.2, -0.15) is 4.98 Å². The van der Waals surface area contributed by atoms with Gasteiger partial charge in [0.25, 0.3) is 0 Å². The molecule has 0 saturated carbocycles. The number of aromatic nitrogens is 2. The van der Waals surface area contributed by atoms with E-state index in [0.717, 1.165) is 11.1 Å². The van der Waals surface area contributed by atoms with Gasteiger partial charge in [0, 0.05) is 29.6 Å². The number of sulfone groups is 1. The SMILES string of the molecule is COc1ccc(Cc2cnc(N)nc2N)cc1OC.Nc1ccc(S(=O)(=O)c2ccc(N)cc2)cc1. The average Bonchev–Trinajstić information content (AvgIpc) is 2.86. The predicted molar refractivity (Wildman–Crippen MR) is 140 cm³/mol. The molecule has 4 rings (SSSR count). The van der Waals surface area contributed by atoms with Gasteiger partial charge in [-0.3, -0.25) is 0 Å². The van der Waals surface area contributed by atoms with Gasteiger partial charge in [0.2, 0.25) is 15.8 Å². The minimum absolute atomic E-state index is 0.175. The summed E-state index contributed by atoms with van der Waals surface area (Å²) in [5, 5.41) is 0. The summed E-state index contributed by atoms with van der Waals surface area (Å²) in [6.07, 6.45) is 2.24. The van der Waals surface area contributed by atoms with Crippen LogP contribution in [0.4, 0.5) is 23.1 Å². The molecule has 8 N–H and O–H groups in total. The maximum Gasteiger partial charge on any atom is 0.221 e. The molecule has 0 bridgehead atoms. The van der Waals surface area contributed by atoms with Crippen LogP contribution >= 0.6 is 0 Å². The van der Waals surface area contributed by atoms with E-state index in [1.165, 1.54) is 24.3 Å². The van der Waals surface area contributed by atoms with E-state index in [-0.39, 0.29) is 15.7 Å². The van der Waals surface area contributed by atoms with Gasteiger partial charge < -0.3 is 32.4 Å². The number of anilines is 4. The zero-order valence-corrected chi connectivity index (χ0v) is 20.7. The van der Waals surface area contributed by atoms with Crippen LogP contribution in [0.15, 0.2) is 82.7 Å². The van der Waals surface area contributed by atoms with Gasteiger partial charge >= 0.3 is 0 Å². The van der Waals surface area contributed by atoms with Gasteiger partial charge in [0.15, 0.2) is 11.5 Å². The molecule has 0 aliphatic heterocycles. The lowest BCUT2D eigenvalue weighted by Crippen LogP contribution is -2.04. The van der Waals surface area contributed by atoms with E-state index < -0.39 is 9.84 Å². The van der Waals surface area contributed by atoms with E-state index in [0.29, 0.717) is 35.1 Å². The van der Waals surface area contributed by atoms with Gasteiger partial charge in [-0.25, -0.2) is 13.4 Å². The average molecular weight is 509 g/mol. The molecule has 0 spiro atoms. The molecular weight excluding hydrogens is 480 g/mol. The number of nitrogens with two attached hydrogens (primary N) is 4. The summed E-state index contributed by atoms with van der Waals surface area (Å²) in [4.78, 5) is 8.32. The van der Waals surface area contributed by atoms with Gasteiger partial charge in [-0.05, 0) is 66.2 Å². The van der Waals surface area contributed by atoms with Gasteiger partial charge in [0.1, 0.15) is 5.82 Å². The summed E-state index contributed by atoms with van der Waals surface area (Å²) >= 11 is 0. The van der Waals surface area contributed by atoms with Gasteiger partial charge in [-0.15, -0.1) is 0 Å². The normalized spacial score (nSPS) is 10.7. The lowest BCUT2D eigenvalue weighted by atomic mass is 10.1. The third kappa shape index (κ3) is 6.33. The van der Waals surface area contributed by atoms with Crippen LogP contribution in [0.5, 0.6) is 11.5 Å². The van der Waals surface area contributed by atoms with E-state index >= 15 is 0 Å². The first-order chi connectivity index (χ1) is 17.1. The molecule has 3 aromatic carbocycles. The summed E-state index contributed by atoms with van der Waals surface area (Å²) < 4.78 is 34.8. The fourth-order valence-corrected chi connectivity index (χ4v) is 4.47. The predicted octanol–water partition coefficient (Wildman–Crippen LogP) is 2.93. The highest BCUT2D eigenvalue weighted by Crippen LogP contribution is 2.29. The van der Waals surface area contributed by atoms with Crippen molar-refractivity contribution in [1.82, 2.24) is 9.97 Å². The van der Waals surface area contributed by atoms with E-state index in [9.17, 15) is 8.42 Å². The zero-order valence-electron chi connectivity index (χ0n) is 19.9. The van der Waals surface area contributed by atoms with E-state index in [2.05, 4.69) is 9.97 Å². The standard InChI is InChI=1S/C13H16N4O2.C12H12N2O2S/c1-18-10-4-3-8(6-11(10)19-2)5-9-7-16-13(15)17-12(9)14;13-9-1-5-11(6-2-9)17(15,16)12-7-3-10(14)4-8-12/h3-4,6-7H,5H2,1-2H3,(H4,14,15,16,17);1-8H,13-14H2. The van der Waals surface area contributed by atoms with Crippen molar-refractivity contribution in [3.63, 3.8) is 0 Å². The van der Waals surface area contributed by atoms with Crippen LogP contribution in [-0.4, -0.2) is 32.6 Å². The molecule has 0 atom stereocenters. The highest BCUT2D eigenvalue weighted by molar-refractivity contribution is 7.91. The van der Waals surface area contributed by atoms with E-state index in [1.807, 2.05) is 18.2 Å². The number of nitrogen functional groups attached to an aromatic ring is 4. The summed E-state index contributed by atoms with van der Waals surface area (Å²) in [6.45, 7) is 0. The second kappa shape index (κ2) is 11.3.